The monoisotopic (exact) mass is 287 g/mol. The first kappa shape index (κ1) is 16.2. The van der Waals surface area contributed by atoms with Gasteiger partial charge in [-0.25, -0.2) is 4.79 Å². The molecule has 0 aromatic rings. The van der Waals surface area contributed by atoms with E-state index in [1.165, 1.54) is 4.90 Å². The van der Waals surface area contributed by atoms with E-state index < -0.39 is 20.5 Å². The number of carbonyl (C=O) groups is 2. The second-order valence-electron chi connectivity index (χ2n) is 6.81. The summed E-state index contributed by atoms with van der Waals surface area (Å²) in [6.07, 6.45) is 0.275. The predicted octanol–water partition coefficient (Wildman–Crippen LogP) is 2.58. The molecule has 0 aromatic carbocycles. The zero-order valence-electron chi connectivity index (χ0n) is 12.5. The van der Waals surface area contributed by atoms with Gasteiger partial charge in [0.1, 0.15) is 6.29 Å². The smallest absolute Gasteiger partial charge is 0.407 e. The second kappa shape index (κ2) is 5.62. The van der Waals surface area contributed by atoms with Crippen molar-refractivity contribution in [2.45, 2.75) is 51.4 Å². The van der Waals surface area contributed by atoms with E-state index in [1.54, 1.807) is 0 Å². The van der Waals surface area contributed by atoms with Crippen LogP contribution in [0.5, 0.6) is 0 Å². The van der Waals surface area contributed by atoms with Crippen molar-refractivity contribution >= 4 is 20.7 Å². The summed E-state index contributed by atoms with van der Waals surface area (Å²) in [5.74, 6) is 0.125. The minimum absolute atomic E-state index is 0.125. The first-order valence-electron chi connectivity index (χ1n) is 6.67. The van der Waals surface area contributed by atoms with Crippen LogP contribution in [-0.2, 0) is 9.22 Å². The fourth-order valence-corrected chi connectivity index (χ4v) is 3.05. The van der Waals surface area contributed by atoms with Crippen molar-refractivity contribution in [1.29, 1.82) is 0 Å². The van der Waals surface area contributed by atoms with Crippen LogP contribution in [-0.4, -0.2) is 49.9 Å². The van der Waals surface area contributed by atoms with Gasteiger partial charge in [-0.1, -0.05) is 20.8 Å². The number of amides is 1. The normalized spacial score (nSPS) is 24.6. The number of nitrogens with zero attached hydrogens (tertiary/aromatic N) is 1. The molecule has 1 unspecified atom stereocenters. The fourth-order valence-electron chi connectivity index (χ4n) is 1.97. The van der Waals surface area contributed by atoms with Gasteiger partial charge in [-0.2, -0.15) is 0 Å². The number of carboxylic acid groups (broad SMARTS) is 1. The lowest BCUT2D eigenvalue weighted by atomic mass is 10.1. The van der Waals surface area contributed by atoms with Gasteiger partial charge in [-0.05, 0) is 24.6 Å². The number of aldehydes is 1. The first-order chi connectivity index (χ1) is 8.58. The first-order valence-corrected chi connectivity index (χ1v) is 9.58. The lowest BCUT2D eigenvalue weighted by Gasteiger charge is -2.36. The summed E-state index contributed by atoms with van der Waals surface area (Å²) in [4.78, 5) is 23.1. The Labute approximate surface area is 116 Å². The highest BCUT2D eigenvalue weighted by Gasteiger charge is 2.40. The van der Waals surface area contributed by atoms with Crippen LogP contribution >= 0.6 is 0 Å². The Morgan fingerprint density at radius 2 is 2.05 bits per heavy atom. The average Bonchev–Trinajstić information content (AvgIpc) is 2.68. The van der Waals surface area contributed by atoms with Crippen LogP contribution in [0, 0.1) is 5.92 Å². The summed E-state index contributed by atoms with van der Waals surface area (Å²) in [7, 11) is -1.81. The van der Waals surface area contributed by atoms with Crippen molar-refractivity contribution in [1.82, 2.24) is 4.90 Å². The van der Waals surface area contributed by atoms with Crippen molar-refractivity contribution in [3.63, 3.8) is 0 Å². The Morgan fingerprint density at radius 3 is 2.42 bits per heavy atom. The highest BCUT2D eigenvalue weighted by atomic mass is 28.4. The Kier molecular flexibility index (Phi) is 4.79. The fraction of sp³-hybridized carbons (Fsp3) is 0.846. The molecule has 1 heterocycles. The van der Waals surface area contributed by atoms with Crippen LogP contribution < -0.4 is 0 Å². The molecule has 0 saturated carbocycles. The van der Waals surface area contributed by atoms with E-state index in [0.717, 1.165) is 6.29 Å². The molecule has 0 aliphatic carbocycles. The second-order valence-corrected chi connectivity index (χ2v) is 11.6. The maximum atomic E-state index is 11.0. The molecule has 0 bridgehead atoms. The third-order valence-corrected chi connectivity index (χ3v) is 8.82. The van der Waals surface area contributed by atoms with Gasteiger partial charge in [-0.15, -0.1) is 0 Å². The number of likely N-dealkylation sites (tertiary alicyclic amines) is 1. The number of carbonyl (C=O) groups excluding carboxylic acids is 1. The summed E-state index contributed by atoms with van der Waals surface area (Å²) in [6.45, 7) is 11.8. The van der Waals surface area contributed by atoms with Gasteiger partial charge < -0.3 is 14.3 Å². The molecule has 1 aliphatic rings. The molecule has 0 radical (unpaired) electrons. The Hall–Kier alpha value is -0.883. The summed E-state index contributed by atoms with van der Waals surface area (Å²) >= 11 is 0. The van der Waals surface area contributed by atoms with Crippen molar-refractivity contribution in [2.24, 2.45) is 5.92 Å². The molecule has 1 rings (SSSR count). The summed E-state index contributed by atoms with van der Waals surface area (Å²) in [5, 5.41) is 9.17. The van der Waals surface area contributed by atoms with Crippen molar-refractivity contribution < 1.29 is 19.1 Å². The van der Waals surface area contributed by atoms with E-state index in [4.69, 9.17) is 9.53 Å². The Bertz CT molecular complexity index is 351. The van der Waals surface area contributed by atoms with Crippen LogP contribution in [0.2, 0.25) is 18.1 Å². The van der Waals surface area contributed by atoms with Crippen molar-refractivity contribution in [3.8, 4) is 0 Å². The number of hydrogen-bond donors (Lipinski definition) is 1. The maximum absolute atomic E-state index is 11.0. The quantitative estimate of drug-likeness (QED) is 0.637. The summed E-state index contributed by atoms with van der Waals surface area (Å²) < 4.78 is 6.10. The van der Waals surface area contributed by atoms with Crippen LogP contribution in [0.15, 0.2) is 0 Å². The average molecular weight is 287 g/mol. The maximum Gasteiger partial charge on any atom is 0.407 e. The minimum atomic E-state index is -1.81. The molecule has 1 N–H and O–H groups in total. The van der Waals surface area contributed by atoms with Gasteiger partial charge in [0.25, 0.3) is 0 Å². The SMILES string of the molecule is CC(C)(C)[Si](C)(C)OCC1C[C@@H](C=O)N(C(=O)O)C1. The molecule has 1 saturated heterocycles. The molecule has 1 aliphatic heterocycles. The van der Waals surface area contributed by atoms with E-state index >= 15 is 0 Å². The number of rotatable bonds is 4. The van der Waals surface area contributed by atoms with E-state index in [9.17, 15) is 9.59 Å². The molecule has 6 heteroatoms. The molecule has 5 nitrogen and oxygen atoms in total. The minimum Gasteiger partial charge on any atom is -0.465 e. The third-order valence-electron chi connectivity index (χ3n) is 4.32. The van der Waals surface area contributed by atoms with Gasteiger partial charge in [0, 0.05) is 19.1 Å². The summed E-state index contributed by atoms with van der Waals surface area (Å²) in [5.41, 5.74) is 0. The van der Waals surface area contributed by atoms with Crippen LogP contribution in [0.3, 0.4) is 0 Å². The van der Waals surface area contributed by atoms with E-state index in [-0.39, 0.29) is 11.0 Å². The lowest BCUT2D eigenvalue weighted by molar-refractivity contribution is -0.111. The lowest BCUT2D eigenvalue weighted by Crippen LogP contribution is -2.42. The van der Waals surface area contributed by atoms with Gasteiger partial charge >= 0.3 is 6.09 Å². The van der Waals surface area contributed by atoms with Crippen LogP contribution in [0.4, 0.5) is 4.79 Å². The van der Waals surface area contributed by atoms with Gasteiger partial charge in [-0.3, -0.25) is 4.90 Å². The van der Waals surface area contributed by atoms with Crippen LogP contribution in [0.1, 0.15) is 27.2 Å². The highest BCUT2D eigenvalue weighted by molar-refractivity contribution is 6.74. The number of hydrogen-bond acceptors (Lipinski definition) is 3. The van der Waals surface area contributed by atoms with Gasteiger partial charge in [0.2, 0.25) is 0 Å². The molecular weight excluding hydrogens is 262 g/mol. The zero-order chi connectivity index (χ0) is 14.8. The molecule has 2 atom stereocenters. The topological polar surface area (TPSA) is 66.8 Å². The van der Waals surface area contributed by atoms with E-state index in [2.05, 4.69) is 33.9 Å². The predicted molar refractivity (Wildman–Crippen MR) is 75.8 cm³/mol. The standard InChI is InChI=1S/C13H25NO4Si/c1-13(2,3)19(4,5)18-9-10-6-11(8-15)14(7-10)12(16)17/h8,10-11H,6-7,9H2,1-5H3,(H,16,17)/t10?,11-/m0/s1. The molecule has 0 spiro atoms. The van der Waals surface area contributed by atoms with Crippen LogP contribution in [0.25, 0.3) is 0 Å². The van der Waals surface area contributed by atoms with E-state index in [0.29, 0.717) is 19.6 Å². The highest BCUT2D eigenvalue weighted by Crippen LogP contribution is 2.37. The van der Waals surface area contributed by atoms with Gasteiger partial charge in [0.05, 0.1) is 6.04 Å². The Morgan fingerprint density at radius 1 is 1.47 bits per heavy atom. The molecule has 1 fully saturated rings. The third kappa shape index (κ3) is 3.79. The molecule has 19 heavy (non-hydrogen) atoms. The van der Waals surface area contributed by atoms with E-state index in [1.807, 2.05) is 0 Å². The molecule has 0 aromatic heterocycles. The van der Waals surface area contributed by atoms with Gasteiger partial charge in [0.15, 0.2) is 8.32 Å². The molecular formula is C13H25NO4Si. The largest absolute Gasteiger partial charge is 0.465 e. The summed E-state index contributed by atoms with van der Waals surface area (Å²) in [6, 6.07) is -0.509. The Balaban J connectivity index is 2.57. The zero-order valence-corrected chi connectivity index (χ0v) is 13.5. The van der Waals surface area contributed by atoms with Crippen molar-refractivity contribution in [3.05, 3.63) is 0 Å². The molecule has 110 valence electrons. The van der Waals surface area contributed by atoms with Crippen molar-refractivity contribution in [2.75, 3.05) is 13.2 Å². The molecule has 1 amide bonds.